The van der Waals surface area contributed by atoms with E-state index in [-0.39, 0.29) is 18.4 Å². The first-order valence-electron chi connectivity index (χ1n) is 10.4. The van der Waals surface area contributed by atoms with Crippen LogP contribution in [0.4, 0.5) is 0 Å². The molecule has 0 aliphatic heterocycles. The number of nitrogens with zero attached hydrogens (tertiary/aromatic N) is 1. The van der Waals surface area contributed by atoms with Crippen molar-refractivity contribution in [1.82, 2.24) is 0 Å². The summed E-state index contributed by atoms with van der Waals surface area (Å²) in [5.74, 6) is -0.0720. The molecule has 152 valence electrons. The Balaban J connectivity index is 0. The average molecular weight is 379 g/mol. The first-order chi connectivity index (χ1) is 11.5. The van der Waals surface area contributed by atoms with E-state index in [1.165, 1.54) is 83.5 Å². The molecule has 0 heterocycles. The summed E-state index contributed by atoms with van der Waals surface area (Å²) in [6.07, 6.45) is 18.9. The Morgan fingerprint density at radius 3 is 1.40 bits per heavy atom. The lowest BCUT2D eigenvalue weighted by molar-refractivity contribution is -0.862. The summed E-state index contributed by atoms with van der Waals surface area (Å²) in [5, 5.41) is 0. The first-order valence-corrected chi connectivity index (χ1v) is 10.4. The number of ether oxygens (including phenoxy) is 1. The Morgan fingerprint density at radius 1 is 0.680 bits per heavy atom. The van der Waals surface area contributed by atoms with Crippen LogP contribution in [-0.4, -0.2) is 44.7 Å². The van der Waals surface area contributed by atoms with Crippen LogP contribution in [0.25, 0.3) is 0 Å². The second kappa shape index (κ2) is 18.5. The van der Waals surface area contributed by atoms with Gasteiger partial charge in [-0.1, -0.05) is 90.4 Å². The van der Waals surface area contributed by atoms with Gasteiger partial charge in [-0.2, -0.15) is 0 Å². The standard InChI is InChI=1S/C21H44NO2.ClH/c1-5-6-7-8-9-10-11-12-13-14-15-16-17-18-19-24-21(23)20-22(2,3)4;/h5-20H2,1-4H3;1H/q+1;. The van der Waals surface area contributed by atoms with Crippen molar-refractivity contribution in [2.45, 2.75) is 96.8 Å². The van der Waals surface area contributed by atoms with E-state index in [0.717, 1.165) is 6.42 Å². The van der Waals surface area contributed by atoms with Crippen LogP contribution in [0.2, 0.25) is 0 Å². The van der Waals surface area contributed by atoms with E-state index >= 15 is 0 Å². The molecule has 0 bridgehead atoms. The van der Waals surface area contributed by atoms with Crippen LogP contribution in [0.15, 0.2) is 0 Å². The van der Waals surface area contributed by atoms with Gasteiger partial charge in [-0.3, -0.25) is 0 Å². The SMILES string of the molecule is CCCCCCCCCCCCCCCCOC(=O)C[N+](C)(C)C.Cl. The van der Waals surface area contributed by atoms with Crippen molar-refractivity contribution in [3.8, 4) is 0 Å². The Hall–Kier alpha value is -0.280. The molecule has 0 aromatic rings. The number of quaternary nitrogens is 1. The summed E-state index contributed by atoms with van der Waals surface area (Å²) in [4.78, 5) is 11.6. The molecule has 0 aromatic carbocycles. The molecule has 0 atom stereocenters. The molecule has 0 aliphatic carbocycles. The van der Waals surface area contributed by atoms with E-state index in [4.69, 9.17) is 4.74 Å². The summed E-state index contributed by atoms with van der Waals surface area (Å²) in [5.41, 5.74) is 0. The predicted molar refractivity (Wildman–Crippen MR) is 111 cm³/mol. The maximum atomic E-state index is 11.6. The second-order valence-corrected chi connectivity index (χ2v) is 8.27. The maximum Gasteiger partial charge on any atom is 0.361 e. The lowest BCUT2D eigenvalue weighted by Gasteiger charge is -2.22. The van der Waals surface area contributed by atoms with Gasteiger partial charge in [0.2, 0.25) is 0 Å². The minimum absolute atomic E-state index is 0. The van der Waals surface area contributed by atoms with Gasteiger partial charge in [0, 0.05) is 0 Å². The van der Waals surface area contributed by atoms with Gasteiger partial charge in [0.05, 0.1) is 27.7 Å². The molecular weight excluding hydrogens is 334 g/mol. The molecule has 3 nitrogen and oxygen atoms in total. The Morgan fingerprint density at radius 2 is 1.04 bits per heavy atom. The van der Waals surface area contributed by atoms with E-state index < -0.39 is 0 Å². The van der Waals surface area contributed by atoms with E-state index in [0.29, 0.717) is 17.6 Å². The maximum absolute atomic E-state index is 11.6. The molecule has 0 saturated heterocycles. The molecule has 0 amide bonds. The van der Waals surface area contributed by atoms with Gasteiger partial charge in [0.1, 0.15) is 0 Å². The van der Waals surface area contributed by atoms with E-state index in [2.05, 4.69) is 6.92 Å². The lowest BCUT2D eigenvalue weighted by Crippen LogP contribution is -2.40. The second-order valence-electron chi connectivity index (χ2n) is 8.27. The van der Waals surface area contributed by atoms with Crippen molar-refractivity contribution in [2.75, 3.05) is 34.3 Å². The van der Waals surface area contributed by atoms with Gasteiger partial charge >= 0.3 is 5.97 Å². The zero-order valence-electron chi connectivity index (χ0n) is 17.5. The van der Waals surface area contributed by atoms with Crippen molar-refractivity contribution < 1.29 is 14.0 Å². The van der Waals surface area contributed by atoms with E-state index in [1.807, 2.05) is 21.1 Å². The average Bonchev–Trinajstić information content (AvgIpc) is 2.49. The van der Waals surface area contributed by atoms with Crippen LogP contribution in [0.3, 0.4) is 0 Å². The largest absolute Gasteiger partial charge is 0.462 e. The van der Waals surface area contributed by atoms with Crippen LogP contribution in [0.1, 0.15) is 96.8 Å². The van der Waals surface area contributed by atoms with Crippen molar-refractivity contribution in [1.29, 1.82) is 0 Å². The van der Waals surface area contributed by atoms with Gasteiger partial charge in [-0.05, 0) is 6.42 Å². The van der Waals surface area contributed by atoms with Crippen LogP contribution in [0, 0.1) is 0 Å². The highest BCUT2D eigenvalue weighted by Crippen LogP contribution is 2.12. The number of halogens is 1. The molecule has 0 radical (unpaired) electrons. The number of rotatable bonds is 17. The fourth-order valence-corrected chi connectivity index (χ4v) is 2.92. The Kier molecular flexibility index (Phi) is 19.9. The van der Waals surface area contributed by atoms with Gasteiger partial charge in [-0.15, -0.1) is 12.4 Å². The summed E-state index contributed by atoms with van der Waals surface area (Å²) < 4.78 is 5.91. The molecule has 0 unspecified atom stereocenters. The van der Waals surface area contributed by atoms with Gasteiger partial charge in [-0.25, -0.2) is 4.79 Å². The fourth-order valence-electron chi connectivity index (χ4n) is 2.92. The number of carbonyl (C=O) groups is 1. The smallest absolute Gasteiger partial charge is 0.361 e. The molecule has 0 aromatic heterocycles. The van der Waals surface area contributed by atoms with Crippen molar-refractivity contribution in [3.05, 3.63) is 0 Å². The zero-order chi connectivity index (χ0) is 18.1. The molecule has 0 fully saturated rings. The fraction of sp³-hybridized carbons (Fsp3) is 0.952. The van der Waals surface area contributed by atoms with Crippen molar-refractivity contribution in [3.63, 3.8) is 0 Å². The Labute approximate surface area is 163 Å². The molecule has 0 N–H and O–H groups in total. The molecule has 0 rings (SSSR count). The van der Waals surface area contributed by atoms with Crippen LogP contribution in [0.5, 0.6) is 0 Å². The summed E-state index contributed by atoms with van der Waals surface area (Å²) in [6.45, 7) is 3.33. The number of esters is 1. The number of hydrogen-bond donors (Lipinski definition) is 0. The normalized spacial score (nSPS) is 11.2. The van der Waals surface area contributed by atoms with Crippen LogP contribution in [-0.2, 0) is 9.53 Å². The minimum atomic E-state index is -0.0720. The molecule has 25 heavy (non-hydrogen) atoms. The quantitative estimate of drug-likeness (QED) is 0.172. The van der Waals surface area contributed by atoms with Gasteiger partial charge < -0.3 is 9.22 Å². The molecule has 4 heteroatoms. The van der Waals surface area contributed by atoms with Gasteiger partial charge in [0.15, 0.2) is 6.54 Å². The lowest BCUT2D eigenvalue weighted by atomic mass is 10.0. The van der Waals surface area contributed by atoms with Crippen molar-refractivity contribution >= 4 is 18.4 Å². The molecule has 0 saturated carbocycles. The summed E-state index contributed by atoms with van der Waals surface area (Å²) >= 11 is 0. The third kappa shape index (κ3) is 23.7. The molecular formula is C21H45ClNO2+. The van der Waals surface area contributed by atoms with Gasteiger partial charge in [0.25, 0.3) is 0 Å². The van der Waals surface area contributed by atoms with E-state index in [1.54, 1.807) is 0 Å². The zero-order valence-corrected chi connectivity index (χ0v) is 18.3. The topological polar surface area (TPSA) is 26.3 Å². The minimum Gasteiger partial charge on any atom is -0.462 e. The van der Waals surface area contributed by atoms with E-state index in [9.17, 15) is 4.79 Å². The number of carbonyl (C=O) groups excluding carboxylic acids is 1. The number of hydrogen-bond acceptors (Lipinski definition) is 2. The van der Waals surface area contributed by atoms with Crippen molar-refractivity contribution in [2.24, 2.45) is 0 Å². The first kappa shape index (κ1) is 26.9. The highest BCUT2D eigenvalue weighted by atomic mass is 35.5. The Bertz CT molecular complexity index is 290. The summed E-state index contributed by atoms with van der Waals surface area (Å²) in [7, 11) is 6.02. The predicted octanol–water partition coefficient (Wildman–Crippen LogP) is 6.14. The van der Waals surface area contributed by atoms with Crippen LogP contribution >= 0.6 is 12.4 Å². The van der Waals surface area contributed by atoms with Crippen LogP contribution < -0.4 is 0 Å². The monoisotopic (exact) mass is 378 g/mol. The highest BCUT2D eigenvalue weighted by Gasteiger charge is 2.14. The highest BCUT2D eigenvalue weighted by molar-refractivity contribution is 5.85. The molecule has 0 spiro atoms. The molecule has 0 aliphatic rings. The summed E-state index contributed by atoms with van der Waals surface area (Å²) in [6, 6.07) is 0. The number of unbranched alkanes of at least 4 members (excludes halogenated alkanes) is 13. The third-order valence-electron chi connectivity index (χ3n) is 4.36. The third-order valence-corrected chi connectivity index (χ3v) is 4.36. The number of likely N-dealkylation sites (N-methyl/N-ethyl adjacent to an activating group) is 1.